The average Bonchev–Trinajstić information content (AvgIpc) is 3.56. The Morgan fingerprint density at radius 3 is 2.21 bits per heavy atom. The smallest absolute Gasteiger partial charge is 0.190 e. The fourth-order valence-corrected chi connectivity index (χ4v) is 13.0. The van der Waals surface area contributed by atoms with E-state index in [2.05, 4.69) is 27.7 Å². The number of aliphatic hydroxyl groups excluding tert-OH is 8. The van der Waals surface area contributed by atoms with Crippen molar-refractivity contribution in [3.8, 4) is 0 Å². The van der Waals surface area contributed by atoms with Gasteiger partial charge in [0.05, 0.1) is 31.5 Å². The Morgan fingerprint density at radius 2 is 1.50 bits per heavy atom. The fourth-order valence-electron chi connectivity index (χ4n) is 13.0. The number of fused-ring (bicyclic) bond motifs is 7. The fraction of sp³-hybridized carbons (Fsp3) is 1.00. The van der Waals surface area contributed by atoms with Crippen LogP contribution in [0.25, 0.3) is 0 Å². The molecule has 0 bridgehead atoms. The Morgan fingerprint density at radius 1 is 0.731 bits per heavy atom. The number of aliphatic hydroxyl groups is 8. The summed E-state index contributed by atoms with van der Waals surface area (Å²) in [6.45, 7) is 9.55. The first-order valence-corrected chi connectivity index (χ1v) is 19.9. The molecule has 0 aromatic carbocycles. The second-order valence-electron chi connectivity index (χ2n) is 18.5. The van der Waals surface area contributed by atoms with Crippen LogP contribution in [0.15, 0.2) is 0 Å². The summed E-state index contributed by atoms with van der Waals surface area (Å²) in [6.07, 6.45) is -9.34. The van der Waals surface area contributed by atoms with Gasteiger partial charge in [-0.2, -0.15) is 0 Å². The quantitative estimate of drug-likeness (QED) is 0.179. The van der Waals surface area contributed by atoms with E-state index in [0.29, 0.717) is 48.3 Å². The van der Waals surface area contributed by atoms with E-state index in [9.17, 15) is 40.9 Å². The monoisotopic (exact) mass is 742 g/mol. The highest BCUT2D eigenvalue weighted by molar-refractivity contribution is 5.16. The zero-order chi connectivity index (χ0) is 37.1. The topological polar surface area (TPSA) is 217 Å². The molecule has 23 atom stereocenters. The van der Waals surface area contributed by atoms with Gasteiger partial charge in [-0.3, -0.25) is 0 Å². The second-order valence-corrected chi connectivity index (χ2v) is 18.5. The van der Waals surface area contributed by atoms with Crippen molar-refractivity contribution in [2.75, 3.05) is 13.2 Å². The van der Waals surface area contributed by atoms with Crippen LogP contribution in [0.4, 0.5) is 0 Å². The van der Waals surface area contributed by atoms with E-state index in [0.717, 1.165) is 51.6 Å². The van der Waals surface area contributed by atoms with Gasteiger partial charge < -0.3 is 69.3 Å². The van der Waals surface area contributed by atoms with Gasteiger partial charge in [0.25, 0.3) is 0 Å². The van der Waals surface area contributed by atoms with E-state index in [1.807, 2.05) is 0 Å². The average molecular weight is 743 g/mol. The van der Waals surface area contributed by atoms with Crippen LogP contribution in [0, 0.1) is 52.3 Å². The van der Waals surface area contributed by atoms with E-state index in [1.54, 1.807) is 0 Å². The molecule has 4 heterocycles. The third-order valence-corrected chi connectivity index (χ3v) is 15.9. The van der Waals surface area contributed by atoms with E-state index >= 15 is 0 Å². The van der Waals surface area contributed by atoms with Crippen molar-refractivity contribution >= 4 is 0 Å². The molecule has 23 unspecified atom stereocenters. The van der Waals surface area contributed by atoms with Crippen molar-refractivity contribution in [3.63, 3.8) is 0 Å². The lowest BCUT2D eigenvalue weighted by Gasteiger charge is -2.62. The number of hydrogen-bond donors (Lipinski definition) is 8. The third-order valence-electron chi connectivity index (χ3n) is 15.9. The molecule has 8 fully saturated rings. The van der Waals surface area contributed by atoms with E-state index in [1.165, 1.54) is 0 Å². The summed E-state index contributed by atoms with van der Waals surface area (Å²) in [5.74, 6) is 2.75. The van der Waals surface area contributed by atoms with Crippen LogP contribution in [-0.2, 0) is 28.4 Å². The Labute approximate surface area is 305 Å². The summed E-state index contributed by atoms with van der Waals surface area (Å²) in [6, 6.07) is 0. The summed E-state index contributed by atoms with van der Waals surface area (Å²) >= 11 is 0. The van der Waals surface area contributed by atoms with Crippen LogP contribution < -0.4 is 0 Å². The minimum absolute atomic E-state index is 0.119. The zero-order valence-corrected chi connectivity index (χ0v) is 30.9. The van der Waals surface area contributed by atoms with Crippen LogP contribution in [0.3, 0.4) is 0 Å². The molecule has 8 aliphatic rings. The summed E-state index contributed by atoms with van der Waals surface area (Å²) in [5.41, 5.74) is 0.0657. The lowest BCUT2D eigenvalue weighted by Crippen LogP contribution is -2.65. The molecule has 14 nitrogen and oxygen atoms in total. The van der Waals surface area contributed by atoms with Crippen molar-refractivity contribution in [1.82, 2.24) is 0 Å². The van der Waals surface area contributed by atoms with Gasteiger partial charge in [-0.15, -0.1) is 0 Å². The van der Waals surface area contributed by atoms with E-state index < -0.39 is 86.2 Å². The molecule has 1 spiro atoms. The van der Waals surface area contributed by atoms with Crippen LogP contribution in [0.2, 0.25) is 0 Å². The highest BCUT2D eigenvalue weighted by atomic mass is 16.8. The molecule has 4 aliphatic heterocycles. The van der Waals surface area contributed by atoms with Crippen LogP contribution in [0.1, 0.15) is 85.5 Å². The highest BCUT2D eigenvalue weighted by Gasteiger charge is 2.69. The lowest BCUT2D eigenvalue weighted by atomic mass is 9.44. The van der Waals surface area contributed by atoms with Gasteiger partial charge >= 0.3 is 0 Å². The minimum atomic E-state index is -1.83. The van der Waals surface area contributed by atoms with Crippen molar-refractivity contribution in [2.45, 2.75) is 171 Å². The Kier molecular flexibility index (Phi) is 10.2. The van der Waals surface area contributed by atoms with Crippen LogP contribution in [-0.4, -0.2) is 140 Å². The van der Waals surface area contributed by atoms with Gasteiger partial charge in [0.15, 0.2) is 24.7 Å². The predicted octanol–water partition coefficient (Wildman–Crippen LogP) is 0.371. The molecule has 52 heavy (non-hydrogen) atoms. The van der Waals surface area contributed by atoms with Gasteiger partial charge in [-0.25, -0.2) is 0 Å². The van der Waals surface area contributed by atoms with Crippen molar-refractivity contribution < 1.29 is 69.3 Å². The van der Waals surface area contributed by atoms with Crippen molar-refractivity contribution in [3.05, 3.63) is 0 Å². The summed E-state index contributed by atoms with van der Waals surface area (Å²) in [5, 5.41) is 84.3. The molecule has 0 aromatic heterocycles. The molecule has 0 amide bonds. The zero-order valence-electron chi connectivity index (χ0n) is 30.9. The first-order chi connectivity index (χ1) is 24.6. The summed E-state index contributed by atoms with van der Waals surface area (Å²) in [4.78, 5) is 0. The molecule has 0 aromatic rings. The Balaban J connectivity index is 0.955. The normalized spacial score (nSPS) is 60.5. The number of ether oxygens (including phenoxy) is 6. The predicted molar refractivity (Wildman–Crippen MR) is 180 cm³/mol. The standard InChI is InChI=1S/C38H62O14/c1-16-7-10-38(47-15-16)17(2)26-24(52-38)12-21-19-6-5-18-11-23(22(40)13-37(18,4)20(19)8-9-36(21,26)3)48-35-32(29(43)30(44)33(46)51-35)50-34-31(45)28(42)27(41)25(14-39)49-34/h16-35,39-46H,5-15H2,1-4H3. The van der Waals surface area contributed by atoms with Crippen molar-refractivity contribution in [2.24, 2.45) is 52.3 Å². The van der Waals surface area contributed by atoms with Gasteiger partial charge in [-0.05, 0) is 97.7 Å². The molecule has 8 rings (SSSR count). The lowest BCUT2D eigenvalue weighted by molar-refractivity contribution is -0.393. The van der Waals surface area contributed by atoms with Gasteiger partial charge in [0, 0.05) is 12.3 Å². The maximum absolute atomic E-state index is 11.7. The van der Waals surface area contributed by atoms with Crippen LogP contribution >= 0.6 is 0 Å². The molecule has 4 saturated heterocycles. The molecular formula is C38H62O14. The largest absolute Gasteiger partial charge is 0.394 e. The summed E-state index contributed by atoms with van der Waals surface area (Å²) in [7, 11) is 0. The molecule has 0 radical (unpaired) electrons. The van der Waals surface area contributed by atoms with Gasteiger partial charge in [-0.1, -0.05) is 27.7 Å². The maximum Gasteiger partial charge on any atom is 0.190 e. The van der Waals surface area contributed by atoms with Gasteiger partial charge in [0.1, 0.15) is 42.7 Å². The molecular weight excluding hydrogens is 680 g/mol. The van der Waals surface area contributed by atoms with E-state index in [4.69, 9.17) is 28.4 Å². The van der Waals surface area contributed by atoms with Crippen molar-refractivity contribution in [1.29, 1.82) is 0 Å². The maximum atomic E-state index is 11.7. The molecule has 4 saturated carbocycles. The van der Waals surface area contributed by atoms with Gasteiger partial charge in [0.2, 0.25) is 0 Å². The molecule has 298 valence electrons. The second kappa shape index (κ2) is 13.8. The number of hydrogen-bond acceptors (Lipinski definition) is 14. The molecule has 8 N–H and O–H groups in total. The Hall–Kier alpha value is -0.560. The highest BCUT2D eigenvalue weighted by Crippen LogP contribution is 2.71. The SMILES string of the molecule is CC1CCC2(OC1)OC1CC3C4CCC5CC(OC6OC(O)C(O)C(O)C6OC6OC(CO)C(O)C(O)C6O)C(O)CC5(C)C4CCC3(C)C1C2C. The first-order valence-electron chi connectivity index (χ1n) is 19.9. The molecule has 14 heteroatoms. The number of rotatable bonds is 5. The van der Waals surface area contributed by atoms with E-state index in [-0.39, 0.29) is 22.9 Å². The minimum Gasteiger partial charge on any atom is -0.394 e. The Bertz CT molecular complexity index is 1280. The molecule has 4 aliphatic carbocycles. The summed E-state index contributed by atoms with van der Waals surface area (Å²) < 4.78 is 36.6. The third kappa shape index (κ3) is 5.88. The first kappa shape index (κ1) is 38.3. The van der Waals surface area contributed by atoms with Crippen LogP contribution in [0.5, 0.6) is 0 Å².